The molecule has 1 aliphatic carbocycles. The van der Waals surface area contributed by atoms with E-state index in [1.807, 2.05) is 0 Å². The van der Waals surface area contributed by atoms with Gasteiger partial charge in [0.05, 0.1) is 11.1 Å². The van der Waals surface area contributed by atoms with E-state index in [1.165, 1.54) is 28.2 Å². The molecule has 4 aromatic rings. The zero-order valence-corrected chi connectivity index (χ0v) is 17.7. The van der Waals surface area contributed by atoms with Crippen molar-refractivity contribution in [1.82, 2.24) is 24.7 Å². The van der Waals surface area contributed by atoms with Crippen LogP contribution in [0.3, 0.4) is 0 Å². The van der Waals surface area contributed by atoms with Crippen LogP contribution in [0.25, 0.3) is 10.2 Å². The molecule has 28 heavy (non-hydrogen) atoms. The van der Waals surface area contributed by atoms with Gasteiger partial charge in [0.2, 0.25) is 0 Å². The van der Waals surface area contributed by atoms with Crippen LogP contribution in [0.2, 0.25) is 0 Å². The van der Waals surface area contributed by atoms with E-state index in [0.717, 1.165) is 47.0 Å². The zero-order valence-electron chi connectivity index (χ0n) is 15.3. The Morgan fingerprint density at radius 2 is 2.14 bits per heavy atom. The summed E-state index contributed by atoms with van der Waals surface area (Å²) < 4.78 is 2.09. The predicted octanol–water partition coefficient (Wildman–Crippen LogP) is 4.34. The van der Waals surface area contributed by atoms with Crippen molar-refractivity contribution in [3.8, 4) is 0 Å². The molecule has 0 radical (unpaired) electrons. The summed E-state index contributed by atoms with van der Waals surface area (Å²) in [7, 11) is 0. The third-order valence-electron chi connectivity index (χ3n) is 4.98. The lowest BCUT2D eigenvalue weighted by atomic mass is 9.97. The molecule has 4 heterocycles. The van der Waals surface area contributed by atoms with Gasteiger partial charge in [-0.2, -0.15) is 0 Å². The number of nitrogens with two attached hydrogens (primary N) is 1. The van der Waals surface area contributed by atoms with E-state index >= 15 is 0 Å². The van der Waals surface area contributed by atoms with Gasteiger partial charge in [0.1, 0.15) is 22.8 Å². The molecule has 4 aromatic heterocycles. The van der Waals surface area contributed by atoms with Gasteiger partial charge in [-0.1, -0.05) is 17.8 Å². The maximum atomic E-state index is 6.32. The largest absolute Gasteiger partial charge is 0.383 e. The molecule has 0 amide bonds. The first-order valence-electron chi connectivity index (χ1n) is 9.37. The molecule has 144 valence electrons. The van der Waals surface area contributed by atoms with Crippen molar-refractivity contribution < 1.29 is 0 Å². The Labute approximate surface area is 175 Å². The minimum atomic E-state index is 0.624. The van der Waals surface area contributed by atoms with Gasteiger partial charge < -0.3 is 10.3 Å². The summed E-state index contributed by atoms with van der Waals surface area (Å²) in [5.74, 6) is 2.03. The number of anilines is 1. The molecule has 0 saturated carbocycles. The number of aromatic nitrogens is 5. The molecule has 9 heteroatoms. The van der Waals surface area contributed by atoms with Gasteiger partial charge in [-0.15, -0.1) is 32.9 Å². The van der Waals surface area contributed by atoms with Gasteiger partial charge in [-0.3, -0.25) is 0 Å². The van der Waals surface area contributed by atoms with Crippen molar-refractivity contribution in [2.75, 3.05) is 5.73 Å². The van der Waals surface area contributed by atoms with Crippen molar-refractivity contribution in [1.29, 1.82) is 0 Å². The highest BCUT2D eigenvalue weighted by Gasteiger charge is 2.20. The minimum Gasteiger partial charge on any atom is -0.383 e. The second-order valence-electron chi connectivity index (χ2n) is 6.84. The van der Waals surface area contributed by atoms with Gasteiger partial charge in [0.25, 0.3) is 0 Å². The van der Waals surface area contributed by atoms with Crippen LogP contribution in [0.15, 0.2) is 29.0 Å². The Morgan fingerprint density at radius 1 is 1.21 bits per heavy atom. The van der Waals surface area contributed by atoms with E-state index < -0.39 is 0 Å². The summed E-state index contributed by atoms with van der Waals surface area (Å²) in [5.41, 5.74) is 7.71. The van der Waals surface area contributed by atoms with E-state index in [-0.39, 0.29) is 0 Å². The number of thiophene rings is 2. The number of nitrogens with zero attached hydrogens (tertiary/aromatic N) is 5. The van der Waals surface area contributed by atoms with Gasteiger partial charge in [-0.25, -0.2) is 9.97 Å². The number of aryl methyl sites for hydroxylation is 4. The van der Waals surface area contributed by atoms with Crippen LogP contribution >= 0.6 is 34.4 Å². The van der Waals surface area contributed by atoms with E-state index in [2.05, 4.69) is 37.3 Å². The number of thioether (sulfide) groups is 1. The molecule has 0 spiro atoms. The summed E-state index contributed by atoms with van der Waals surface area (Å²) in [4.78, 5) is 13.3. The third-order valence-corrected chi connectivity index (χ3v) is 8.08. The molecule has 1 aliphatic rings. The summed E-state index contributed by atoms with van der Waals surface area (Å²) in [6, 6.07) is 4.25. The van der Waals surface area contributed by atoms with Gasteiger partial charge in [0, 0.05) is 16.3 Å². The quantitative estimate of drug-likeness (QED) is 0.460. The van der Waals surface area contributed by atoms with E-state index in [0.29, 0.717) is 11.6 Å². The average molecular weight is 429 g/mol. The molecular weight excluding hydrogens is 408 g/mol. The van der Waals surface area contributed by atoms with E-state index in [4.69, 9.17) is 10.7 Å². The maximum Gasteiger partial charge on any atom is 0.191 e. The van der Waals surface area contributed by atoms with Gasteiger partial charge >= 0.3 is 0 Å². The third kappa shape index (κ3) is 3.54. The Hall–Kier alpha value is -1.97. The van der Waals surface area contributed by atoms with Crippen LogP contribution in [0, 0.1) is 0 Å². The Morgan fingerprint density at radius 3 is 3.04 bits per heavy atom. The van der Waals surface area contributed by atoms with E-state index in [1.54, 1.807) is 40.8 Å². The fraction of sp³-hybridized carbons (Fsp3) is 0.368. The molecule has 0 aromatic carbocycles. The van der Waals surface area contributed by atoms with Crippen LogP contribution in [0.4, 0.5) is 5.82 Å². The predicted molar refractivity (Wildman–Crippen MR) is 116 cm³/mol. The first kappa shape index (κ1) is 18.1. The summed E-state index contributed by atoms with van der Waals surface area (Å²) in [5, 5.41) is 12.4. The minimum absolute atomic E-state index is 0.624. The molecule has 6 nitrogen and oxygen atoms in total. The molecular formula is C19H20N6S3. The fourth-order valence-corrected chi connectivity index (χ4v) is 6.40. The first-order chi connectivity index (χ1) is 13.8. The van der Waals surface area contributed by atoms with Crippen molar-refractivity contribution in [2.45, 2.75) is 49.6 Å². The molecule has 0 fully saturated rings. The van der Waals surface area contributed by atoms with Crippen LogP contribution in [-0.4, -0.2) is 24.7 Å². The number of nitrogen functional groups attached to an aromatic ring is 1. The Balaban J connectivity index is 1.32. The van der Waals surface area contributed by atoms with Crippen molar-refractivity contribution in [3.63, 3.8) is 0 Å². The highest BCUT2D eigenvalue weighted by Crippen LogP contribution is 2.38. The lowest BCUT2D eigenvalue weighted by Gasteiger charge is -2.10. The monoisotopic (exact) mass is 428 g/mol. The molecule has 0 bridgehead atoms. The number of rotatable bonds is 6. The topological polar surface area (TPSA) is 82.5 Å². The highest BCUT2D eigenvalue weighted by atomic mass is 32.2. The summed E-state index contributed by atoms with van der Waals surface area (Å²) >= 11 is 5.18. The molecule has 0 atom stereocenters. The second kappa shape index (κ2) is 7.81. The Bertz CT molecular complexity index is 1100. The van der Waals surface area contributed by atoms with Crippen molar-refractivity contribution in [3.05, 3.63) is 45.0 Å². The molecule has 0 unspecified atom stereocenters. The molecule has 0 aliphatic heterocycles. The summed E-state index contributed by atoms with van der Waals surface area (Å²) in [6.07, 6.45) is 7.52. The van der Waals surface area contributed by atoms with Crippen LogP contribution in [0.5, 0.6) is 0 Å². The maximum absolute atomic E-state index is 6.32. The zero-order chi connectivity index (χ0) is 18.9. The smallest absolute Gasteiger partial charge is 0.191 e. The normalized spacial score (nSPS) is 13.9. The van der Waals surface area contributed by atoms with Crippen molar-refractivity contribution >= 4 is 50.5 Å². The van der Waals surface area contributed by atoms with Crippen molar-refractivity contribution in [2.24, 2.45) is 0 Å². The lowest BCUT2D eigenvalue weighted by Crippen LogP contribution is -2.03. The summed E-state index contributed by atoms with van der Waals surface area (Å²) in [6.45, 7) is 0.871. The molecule has 2 N–H and O–H groups in total. The standard InChI is InChI=1S/C19H20N6S3/c20-17-16-13-5-1-2-6-14(13)28-18(16)23-15(22-17)10-27-19-24-21-11-25(19)8-7-12-4-3-9-26-12/h3-4,9,11H,1-2,5-8,10H2,(H2,20,22,23). The lowest BCUT2D eigenvalue weighted by molar-refractivity contribution is 0.637. The molecule has 0 saturated heterocycles. The van der Waals surface area contributed by atoms with Crippen LogP contribution in [-0.2, 0) is 31.6 Å². The molecule has 5 rings (SSSR count). The average Bonchev–Trinajstić information content (AvgIpc) is 3.43. The highest BCUT2D eigenvalue weighted by molar-refractivity contribution is 7.98. The number of hydrogen-bond donors (Lipinski definition) is 1. The van der Waals surface area contributed by atoms with Gasteiger partial charge in [-0.05, 0) is 49.1 Å². The van der Waals surface area contributed by atoms with Crippen LogP contribution in [0.1, 0.15) is 34.0 Å². The van der Waals surface area contributed by atoms with E-state index in [9.17, 15) is 0 Å². The Kier molecular flexibility index (Phi) is 5.04. The first-order valence-corrected chi connectivity index (χ1v) is 12.1. The SMILES string of the molecule is Nc1nc(CSc2nncn2CCc2cccs2)nc2sc3c(c12)CCCC3. The van der Waals surface area contributed by atoms with Gasteiger partial charge in [0.15, 0.2) is 5.16 Å². The number of fused-ring (bicyclic) bond motifs is 3. The number of hydrogen-bond acceptors (Lipinski definition) is 8. The fourth-order valence-electron chi connectivity index (χ4n) is 3.62. The van der Waals surface area contributed by atoms with Crippen LogP contribution < -0.4 is 5.73 Å². The second-order valence-corrected chi connectivity index (χ2v) is 9.90.